The van der Waals surface area contributed by atoms with E-state index in [4.69, 9.17) is 23.5 Å². The summed E-state index contributed by atoms with van der Waals surface area (Å²) < 4.78 is 29.0. The van der Waals surface area contributed by atoms with Gasteiger partial charge in [-0.1, -0.05) is 23.4 Å². The number of fused-ring (bicyclic) bond motifs is 5. The summed E-state index contributed by atoms with van der Waals surface area (Å²) >= 11 is 0. The lowest BCUT2D eigenvalue weighted by molar-refractivity contribution is -0.137. The van der Waals surface area contributed by atoms with Crippen molar-refractivity contribution in [3.8, 4) is 17.2 Å². The average Bonchev–Trinajstić information content (AvgIpc) is 3.66. The molecule has 0 unspecified atom stereocenters. The van der Waals surface area contributed by atoms with E-state index in [0.717, 1.165) is 35.4 Å². The smallest absolute Gasteiger partial charge is 0.239 e. The summed E-state index contributed by atoms with van der Waals surface area (Å²) in [6, 6.07) is 15.2. The monoisotopic (exact) mass is 604 g/mol. The highest BCUT2D eigenvalue weighted by molar-refractivity contribution is 5.85. The van der Waals surface area contributed by atoms with Crippen molar-refractivity contribution in [1.29, 1.82) is 0 Å². The van der Waals surface area contributed by atoms with Gasteiger partial charge in [-0.15, -0.1) is 0 Å². The molecule has 3 aromatic rings. The van der Waals surface area contributed by atoms with Crippen LogP contribution in [0.25, 0.3) is 0 Å². The highest BCUT2D eigenvalue weighted by atomic mass is 16.5. The maximum Gasteiger partial charge on any atom is 0.239 e. The molecule has 234 valence electrons. The van der Waals surface area contributed by atoms with Crippen LogP contribution in [0.1, 0.15) is 47.8 Å². The van der Waals surface area contributed by atoms with Gasteiger partial charge in [0.15, 0.2) is 11.5 Å². The molecular weight excluding hydrogens is 564 g/mol. The van der Waals surface area contributed by atoms with Crippen LogP contribution in [0.2, 0.25) is 0 Å². The number of methoxy groups -OCH3 is 2. The van der Waals surface area contributed by atoms with Crippen LogP contribution < -0.4 is 14.8 Å². The highest BCUT2D eigenvalue weighted by Crippen LogP contribution is 2.40. The second kappa shape index (κ2) is 13.8. The molecule has 0 radical (unpaired) electrons. The predicted molar refractivity (Wildman–Crippen MR) is 161 cm³/mol. The number of benzene rings is 2. The van der Waals surface area contributed by atoms with Crippen molar-refractivity contribution >= 4 is 11.8 Å². The molecule has 2 aliphatic heterocycles. The SMILES string of the molecule is COCCN1CC(=O)N[C@H]2CN(Cc3cc(C4CC4)on3)C[C@@H]2OCc2cccc(c2)Oc2cc(ccc2OC)CCC1=O. The Balaban J connectivity index is 1.23. The number of nitrogens with zero attached hydrogens (tertiary/aromatic N) is 3. The second-order valence-corrected chi connectivity index (χ2v) is 11.8. The van der Waals surface area contributed by atoms with E-state index in [1.54, 1.807) is 19.1 Å². The van der Waals surface area contributed by atoms with E-state index in [1.807, 2.05) is 48.5 Å². The van der Waals surface area contributed by atoms with Gasteiger partial charge in [0.25, 0.3) is 0 Å². The third-order valence-electron chi connectivity index (χ3n) is 8.33. The highest BCUT2D eigenvalue weighted by Gasteiger charge is 2.36. The van der Waals surface area contributed by atoms with Gasteiger partial charge in [-0.05, 0) is 54.7 Å². The van der Waals surface area contributed by atoms with Gasteiger partial charge in [-0.3, -0.25) is 14.5 Å². The van der Waals surface area contributed by atoms with Crippen molar-refractivity contribution in [1.82, 2.24) is 20.3 Å². The van der Waals surface area contributed by atoms with Crippen LogP contribution in [0.3, 0.4) is 0 Å². The Hall–Kier alpha value is -3.93. The number of hydrogen-bond donors (Lipinski definition) is 1. The molecule has 1 N–H and O–H groups in total. The van der Waals surface area contributed by atoms with Gasteiger partial charge in [0.1, 0.15) is 11.5 Å². The van der Waals surface area contributed by atoms with Gasteiger partial charge in [0.2, 0.25) is 11.8 Å². The van der Waals surface area contributed by atoms with E-state index in [2.05, 4.69) is 15.4 Å². The topological polar surface area (TPSA) is 116 Å². The zero-order valence-corrected chi connectivity index (χ0v) is 25.3. The Bertz CT molecular complexity index is 1460. The van der Waals surface area contributed by atoms with E-state index in [0.29, 0.717) is 69.0 Å². The molecular formula is C33H40N4O7. The van der Waals surface area contributed by atoms with Gasteiger partial charge in [-0.2, -0.15) is 0 Å². The van der Waals surface area contributed by atoms with Crippen LogP contribution in [0.15, 0.2) is 53.1 Å². The first kappa shape index (κ1) is 30.1. The predicted octanol–water partition coefficient (Wildman–Crippen LogP) is 3.66. The molecule has 1 aliphatic carbocycles. The number of amides is 2. The molecule has 11 nitrogen and oxygen atoms in total. The lowest BCUT2D eigenvalue weighted by atomic mass is 10.1. The zero-order chi connectivity index (χ0) is 30.5. The summed E-state index contributed by atoms with van der Waals surface area (Å²) in [4.78, 5) is 30.5. The minimum absolute atomic E-state index is 0.0571. The fourth-order valence-electron chi connectivity index (χ4n) is 5.79. The van der Waals surface area contributed by atoms with E-state index in [1.165, 1.54) is 0 Å². The summed E-state index contributed by atoms with van der Waals surface area (Å²) in [5, 5.41) is 7.44. The maximum absolute atomic E-state index is 13.4. The number of hydrogen-bond acceptors (Lipinski definition) is 9. The van der Waals surface area contributed by atoms with Crippen molar-refractivity contribution in [3.63, 3.8) is 0 Å². The van der Waals surface area contributed by atoms with Gasteiger partial charge in [-0.25, -0.2) is 0 Å². The molecule has 2 atom stereocenters. The van der Waals surface area contributed by atoms with E-state index in [-0.39, 0.29) is 36.9 Å². The Morgan fingerprint density at radius 2 is 1.91 bits per heavy atom. The van der Waals surface area contributed by atoms with E-state index in [9.17, 15) is 9.59 Å². The van der Waals surface area contributed by atoms with Crippen molar-refractivity contribution in [2.45, 2.75) is 56.9 Å². The summed E-state index contributed by atoms with van der Waals surface area (Å²) in [7, 11) is 3.18. The molecule has 2 aromatic carbocycles. The minimum atomic E-state index is -0.267. The molecule has 4 bridgehead atoms. The van der Waals surface area contributed by atoms with Gasteiger partial charge < -0.3 is 33.7 Å². The Morgan fingerprint density at radius 1 is 1.02 bits per heavy atom. The molecule has 1 aromatic heterocycles. The summed E-state index contributed by atoms with van der Waals surface area (Å²) in [6.07, 6.45) is 2.76. The number of ether oxygens (including phenoxy) is 4. The summed E-state index contributed by atoms with van der Waals surface area (Å²) in [5.41, 5.74) is 2.75. The van der Waals surface area contributed by atoms with Crippen LogP contribution >= 0.6 is 0 Å². The molecule has 11 heteroatoms. The minimum Gasteiger partial charge on any atom is -0.493 e. The molecule has 0 spiro atoms. The fraction of sp³-hybridized carbons (Fsp3) is 0.485. The molecule has 2 amide bonds. The van der Waals surface area contributed by atoms with Crippen molar-refractivity contribution < 1.29 is 33.1 Å². The number of carbonyl (C=O) groups is 2. The molecule has 3 heterocycles. The quantitative estimate of drug-likeness (QED) is 0.432. The second-order valence-electron chi connectivity index (χ2n) is 11.8. The van der Waals surface area contributed by atoms with Crippen LogP contribution in [0, 0.1) is 0 Å². The van der Waals surface area contributed by atoms with Crippen molar-refractivity contribution in [2.75, 3.05) is 47.0 Å². The Morgan fingerprint density at radius 3 is 2.73 bits per heavy atom. The van der Waals surface area contributed by atoms with Gasteiger partial charge in [0.05, 0.1) is 44.7 Å². The van der Waals surface area contributed by atoms with Gasteiger partial charge >= 0.3 is 0 Å². The number of aromatic nitrogens is 1. The van der Waals surface area contributed by atoms with Crippen molar-refractivity contribution in [2.24, 2.45) is 0 Å². The van der Waals surface area contributed by atoms with Gasteiger partial charge in [0, 0.05) is 51.7 Å². The number of carbonyl (C=O) groups excluding carboxylic acids is 2. The van der Waals surface area contributed by atoms with Crippen LogP contribution in [-0.2, 0) is 38.6 Å². The fourth-order valence-corrected chi connectivity index (χ4v) is 5.79. The molecule has 2 fully saturated rings. The Kier molecular flexibility index (Phi) is 9.44. The normalized spacial score (nSPS) is 21.6. The lowest BCUT2D eigenvalue weighted by Crippen LogP contribution is -2.49. The third kappa shape index (κ3) is 7.58. The zero-order valence-electron chi connectivity index (χ0n) is 25.3. The standard InChI is InChI=1S/C33H40N4O7/c1-40-13-12-37-20-32(38)34-27-18-36(17-25-16-29(44-35-25)24-8-9-24)19-31(27)42-21-23-4-3-5-26(14-23)43-30-15-22(7-11-33(37)39)6-10-28(30)41-2/h3-6,10,14-16,24,27,31H,7-9,11-13,17-21H2,1-2H3,(H,34,38)/t27-,31-/m0/s1. The first-order valence-electron chi connectivity index (χ1n) is 15.3. The first-order chi connectivity index (χ1) is 21.5. The summed E-state index contributed by atoms with van der Waals surface area (Å²) in [6.45, 7) is 2.74. The number of aryl methyl sites for hydroxylation is 1. The van der Waals surface area contributed by atoms with E-state index < -0.39 is 0 Å². The lowest BCUT2D eigenvalue weighted by Gasteiger charge is -2.25. The average molecular weight is 605 g/mol. The largest absolute Gasteiger partial charge is 0.493 e. The third-order valence-corrected chi connectivity index (χ3v) is 8.33. The van der Waals surface area contributed by atoms with Crippen LogP contribution in [-0.4, -0.2) is 85.9 Å². The number of likely N-dealkylation sites (tertiary alicyclic amines) is 1. The van der Waals surface area contributed by atoms with Crippen LogP contribution in [0.4, 0.5) is 0 Å². The first-order valence-corrected chi connectivity index (χ1v) is 15.3. The maximum atomic E-state index is 13.4. The Labute approximate surface area is 257 Å². The molecule has 3 aliphatic rings. The van der Waals surface area contributed by atoms with Crippen molar-refractivity contribution in [3.05, 3.63) is 71.1 Å². The van der Waals surface area contributed by atoms with Crippen LogP contribution in [0.5, 0.6) is 17.2 Å². The number of nitrogens with one attached hydrogen (secondary N) is 1. The molecule has 1 saturated carbocycles. The molecule has 1 saturated heterocycles. The molecule has 6 rings (SSSR count). The van der Waals surface area contributed by atoms with E-state index >= 15 is 0 Å². The molecule has 44 heavy (non-hydrogen) atoms. The number of rotatable bonds is 7. The summed E-state index contributed by atoms with van der Waals surface area (Å²) in [5.74, 6) is 2.91.